The maximum absolute atomic E-state index is 5.52. The molecule has 1 saturated carbocycles. The van der Waals surface area contributed by atoms with Gasteiger partial charge >= 0.3 is 0 Å². The van der Waals surface area contributed by atoms with E-state index in [9.17, 15) is 0 Å². The van der Waals surface area contributed by atoms with E-state index in [1.807, 2.05) is 13.8 Å². The van der Waals surface area contributed by atoms with Gasteiger partial charge in [0.05, 0.1) is 0 Å². The molecule has 1 aliphatic carbocycles. The van der Waals surface area contributed by atoms with Gasteiger partial charge in [-0.05, 0) is 53.0 Å². The summed E-state index contributed by atoms with van der Waals surface area (Å²) in [6.07, 6.45) is 9.17. The Morgan fingerprint density at radius 2 is 2.07 bits per heavy atom. The van der Waals surface area contributed by atoms with Gasteiger partial charge in [-0.3, -0.25) is 4.90 Å². The van der Waals surface area contributed by atoms with Crippen molar-refractivity contribution >= 4 is 5.96 Å². The number of ether oxygens (including phenoxy) is 1. The molecule has 0 radical (unpaired) electrons. The number of aromatic nitrogens is 2. The van der Waals surface area contributed by atoms with Gasteiger partial charge in [0, 0.05) is 31.8 Å². The van der Waals surface area contributed by atoms with Crippen molar-refractivity contribution in [2.45, 2.75) is 90.4 Å². The first-order valence-electron chi connectivity index (χ1n) is 11.4. The predicted molar refractivity (Wildman–Crippen MR) is 114 cm³/mol. The van der Waals surface area contributed by atoms with Gasteiger partial charge in [-0.15, -0.1) is 0 Å². The van der Waals surface area contributed by atoms with Crippen LogP contribution in [0.25, 0.3) is 0 Å². The second-order valence-corrected chi connectivity index (χ2v) is 8.11. The van der Waals surface area contributed by atoms with E-state index in [0.717, 1.165) is 25.1 Å². The van der Waals surface area contributed by atoms with Crippen molar-refractivity contribution in [3.05, 3.63) is 11.7 Å². The van der Waals surface area contributed by atoms with Crippen molar-refractivity contribution in [1.29, 1.82) is 0 Å². The van der Waals surface area contributed by atoms with Crippen molar-refractivity contribution in [1.82, 2.24) is 25.7 Å². The number of nitrogens with one attached hydrogen (secondary N) is 2. The summed E-state index contributed by atoms with van der Waals surface area (Å²) in [5.74, 6) is 1.90. The Balaban J connectivity index is 1.54. The lowest BCUT2D eigenvalue weighted by atomic mass is 9.92. The highest BCUT2D eigenvalue weighted by Gasteiger charge is 2.27. The van der Waals surface area contributed by atoms with Gasteiger partial charge in [0.25, 0.3) is 0 Å². The maximum atomic E-state index is 5.52. The zero-order chi connectivity index (χ0) is 20.5. The van der Waals surface area contributed by atoms with E-state index >= 15 is 0 Å². The Bertz CT molecular complexity index is 628. The molecule has 1 aromatic heterocycles. The van der Waals surface area contributed by atoms with Crippen LogP contribution in [-0.2, 0) is 11.3 Å². The molecule has 2 unspecified atom stereocenters. The number of likely N-dealkylation sites (tertiary alicyclic amines) is 1. The number of rotatable bonds is 8. The standard InChI is InChI=1S/C21H38N6O2/c1-4-22-21(23-14-19-25-20(26-29-19)16(3)28-5-2)24-17-10-9-13-27(15-17)18-11-7-6-8-12-18/h16-18H,4-15H2,1-3H3,(H2,22,23,24). The van der Waals surface area contributed by atoms with Crippen molar-refractivity contribution in [2.75, 3.05) is 26.2 Å². The van der Waals surface area contributed by atoms with Crippen LogP contribution in [0, 0.1) is 0 Å². The number of nitrogens with zero attached hydrogens (tertiary/aromatic N) is 4. The van der Waals surface area contributed by atoms with Crippen molar-refractivity contribution in [3.8, 4) is 0 Å². The van der Waals surface area contributed by atoms with Crippen LogP contribution >= 0.6 is 0 Å². The van der Waals surface area contributed by atoms with E-state index in [0.29, 0.717) is 30.9 Å². The van der Waals surface area contributed by atoms with E-state index in [4.69, 9.17) is 9.26 Å². The fourth-order valence-corrected chi connectivity index (χ4v) is 4.38. The zero-order valence-corrected chi connectivity index (χ0v) is 18.3. The fourth-order valence-electron chi connectivity index (χ4n) is 4.38. The minimum Gasteiger partial charge on any atom is -0.371 e. The summed E-state index contributed by atoms with van der Waals surface area (Å²) < 4.78 is 10.9. The van der Waals surface area contributed by atoms with Crippen LogP contribution in [0.15, 0.2) is 9.52 Å². The average Bonchev–Trinajstić information content (AvgIpc) is 3.22. The minimum absolute atomic E-state index is 0.166. The van der Waals surface area contributed by atoms with Crippen LogP contribution in [0.1, 0.15) is 83.5 Å². The molecular formula is C21H38N6O2. The van der Waals surface area contributed by atoms with Crippen molar-refractivity contribution in [3.63, 3.8) is 0 Å². The number of piperidine rings is 1. The molecular weight excluding hydrogens is 368 g/mol. The number of hydrogen-bond acceptors (Lipinski definition) is 6. The van der Waals surface area contributed by atoms with Crippen LogP contribution in [0.2, 0.25) is 0 Å². The molecule has 0 spiro atoms. The SMILES string of the molecule is CCNC(=NCc1nc(C(C)OCC)no1)NC1CCCN(C2CCCCC2)C1. The van der Waals surface area contributed by atoms with Gasteiger partial charge in [0.2, 0.25) is 5.89 Å². The first-order valence-corrected chi connectivity index (χ1v) is 11.4. The first kappa shape index (κ1) is 22.0. The smallest absolute Gasteiger partial charge is 0.248 e. The monoisotopic (exact) mass is 406 g/mol. The van der Waals surface area contributed by atoms with Crippen molar-refractivity contribution in [2.24, 2.45) is 4.99 Å². The predicted octanol–water partition coefficient (Wildman–Crippen LogP) is 3.02. The molecule has 8 nitrogen and oxygen atoms in total. The summed E-state index contributed by atoms with van der Waals surface area (Å²) in [5, 5.41) is 11.0. The second-order valence-electron chi connectivity index (χ2n) is 8.11. The Morgan fingerprint density at radius 3 is 2.83 bits per heavy atom. The van der Waals surface area contributed by atoms with E-state index in [2.05, 4.69) is 37.6 Å². The molecule has 2 atom stereocenters. The first-order chi connectivity index (χ1) is 14.2. The molecule has 2 heterocycles. The van der Waals surface area contributed by atoms with Gasteiger partial charge in [-0.1, -0.05) is 24.4 Å². The van der Waals surface area contributed by atoms with Crippen LogP contribution in [0.3, 0.4) is 0 Å². The van der Waals surface area contributed by atoms with E-state index in [1.165, 1.54) is 51.5 Å². The lowest BCUT2D eigenvalue weighted by Gasteiger charge is -2.40. The molecule has 29 heavy (non-hydrogen) atoms. The molecule has 1 aromatic rings. The molecule has 1 aliphatic heterocycles. The van der Waals surface area contributed by atoms with Gasteiger partial charge < -0.3 is 19.9 Å². The van der Waals surface area contributed by atoms with E-state index in [1.54, 1.807) is 0 Å². The molecule has 1 saturated heterocycles. The summed E-state index contributed by atoms with van der Waals surface area (Å²) in [6, 6.07) is 1.21. The highest BCUT2D eigenvalue weighted by atomic mass is 16.5. The molecule has 164 valence electrons. The van der Waals surface area contributed by atoms with Gasteiger partial charge in [0.15, 0.2) is 11.8 Å². The Labute approximate surface area is 174 Å². The maximum Gasteiger partial charge on any atom is 0.248 e. The topological polar surface area (TPSA) is 87.8 Å². The van der Waals surface area contributed by atoms with Gasteiger partial charge in [0.1, 0.15) is 12.6 Å². The normalized spacial score (nSPS) is 23.1. The molecule has 3 rings (SSSR count). The number of guanidine groups is 1. The molecule has 2 fully saturated rings. The minimum atomic E-state index is -0.166. The highest BCUT2D eigenvalue weighted by Crippen LogP contribution is 2.25. The summed E-state index contributed by atoms with van der Waals surface area (Å²) in [4.78, 5) is 11.8. The molecule has 8 heteroatoms. The van der Waals surface area contributed by atoms with Crippen LogP contribution in [0.4, 0.5) is 0 Å². The summed E-state index contributed by atoms with van der Waals surface area (Å²) in [7, 11) is 0. The highest BCUT2D eigenvalue weighted by molar-refractivity contribution is 5.80. The third-order valence-electron chi connectivity index (χ3n) is 5.87. The van der Waals surface area contributed by atoms with E-state index < -0.39 is 0 Å². The molecule has 2 aliphatic rings. The molecule has 0 bridgehead atoms. The largest absolute Gasteiger partial charge is 0.371 e. The van der Waals surface area contributed by atoms with Gasteiger partial charge in [-0.25, -0.2) is 4.99 Å². The molecule has 0 aromatic carbocycles. The Morgan fingerprint density at radius 1 is 1.24 bits per heavy atom. The third kappa shape index (κ3) is 6.67. The summed E-state index contributed by atoms with van der Waals surface area (Å²) >= 11 is 0. The summed E-state index contributed by atoms with van der Waals surface area (Å²) in [6.45, 7) is 10.1. The summed E-state index contributed by atoms with van der Waals surface area (Å²) in [5.41, 5.74) is 0. The second kappa shape index (κ2) is 11.5. The quantitative estimate of drug-likeness (QED) is 0.507. The number of aliphatic imine (C=N–C) groups is 1. The average molecular weight is 407 g/mol. The molecule has 2 N–H and O–H groups in total. The lowest BCUT2D eigenvalue weighted by Crippen LogP contribution is -2.53. The van der Waals surface area contributed by atoms with E-state index in [-0.39, 0.29) is 6.10 Å². The zero-order valence-electron chi connectivity index (χ0n) is 18.3. The van der Waals surface area contributed by atoms with Crippen LogP contribution in [-0.4, -0.2) is 59.3 Å². The Hall–Kier alpha value is -1.67. The fraction of sp³-hybridized carbons (Fsp3) is 0.857. The number of hydrogen-bond donors (Lipinski definition) is 2. The van der Waals surface area contributed by atoms with Crippen molar-refractivity contribution < 1.29 is 9.26 Å². The lowest BCUT2D eigenvalue weighted by molar-refractivity contribution is 0.0683. The third-order valence-corrected chi connectivity index (χ3v) is 5.87. The van der Waals surface area contributed by atoms with Gasteiger partial charge in [-0.2, -0.15) is 4.98 Å². The molecule has 0 amide bonds. The Kier molecular flexibility index (Phi) is 8.73. The van der Waals surface area contributed by atoms with Crippen LogP contribution < -0.4 is 10.6 Å². The van der Waals surface area contributed by atoms with Crippen LogP contribution in [0.5, 0.6) is 0 Å².